The van der Waals surface area contributed by atoms with Gasteiger partial charge in [-0.3, -0.25) is 0 Å². The minimum atomic E-state index is -1.40. The van der Waals surface area contributed by atoms with E-state index in [9.17, 15) is 0 Å². The van der Waals surface area contributed by atoms with E-state index in [1.54, 1.807) is 0 Å². The van der Waals surface area contributed by atoms with Gasteiger partial charge in [0.05, 0.1) is 0 Å². The summed E-state index contributed by atoms with van der Waals surface area (Å²) in [5.41, 5.74) is 5.58. The lowest BCUT2D eigenvalue weighted by Crippen LogP contribution is -2.31. The van der Waals surface area contributed by atoms with Crippen molar-refractivity contribution in [2.45, 2.75) is 110 Å². The molecule has 0 aliphatic heterocycles. The number of nitrogens with two attached hydrogens (primary N) is 1. The average molecular weight is 330 g/mol. The maximum absolute atomic E-state index is 6.11. The maximum atomic E-state index is 6.11. The zero-order valence-corrected chi connectivity index (χ0v) is 16.8. The third kappa shape index (κ3) is 16.5. The molecule has 0 aliphatic carbocycles. The van der Waals surface area contributed by atoms with Crippen molar-refractivity contribution >= 4 is 8.32 Å². The van der Waals surface area contributed by atoms with Gasteiger partial charge in [-0.15, -0.1) is 0 Å². The molecule has 0 aromatic heterocycles. The van der Waals surface area contributed by atoms with E-state index >= 15 is 0 Å². The van der Waals surface area contributed by atoms with Crippen LogP contribution in [0.5, 0.6) is 0 Å². The molecule has 0 fully saturated rings. The van der Waals surface area contributed by atoms with E-state index in [1.807, 2.05) is 0 Å². The molecule has 0 unspecified atom stereocenters. The van der Waals surface area contributed by atoms with Crippen molar-refractivity contribution in [3.63, 3.8) is 0 Å². The van der Waals surface area contributed by atoms with Crippen molar-refractivity contribution in [1.29, 1.82) is 0 Å². The van der Waals surface area contributed by atoms with Gasteiger partial charge in [-0.1, -0.05) is 77.6 Å². The van der Waals surface area contributed by atoms with Crippen LogP contribution in [0.1, 0.15) is 90.4 Å². The first-order valence-electron chi connectivity index (χ1n) is 9.96. The van der Waals surface area contributed by atoms with Crippen LogP contribution in [-0.4, -0.2) is 21.5 Å². The van der Waals surface area contributed by atoms with Crippen molar-refractivity contribution in [3.8, 4) is 0 Å². The molecule has 0 saturated carbocycles. The summed E-state index contributed by atoms with van der Waals surface area (Å²) in [7, 11) is -1.40. The molecule has 0 bridgehead atoms. The van der Waals surface area contributed by atoms with Gasteiger partial charge in [-0.05, 0) is 38.5 Å². The second-order valence-electron chi connectivity index (χ2n) is 7.39. The minimum absolute atomic E-state index is 0.804. The molecular formula is C19H43NOSi. The van der Waals surface area contributed by atoms with Gasteiger partial charge < -0.3 is 10.2 Å². The summed E-state index contributed by atoms with van der Waals surface area (Å²) in [6.07, 6.45) is 18.0. The van der Waals surface area contributed by atoms with Crippen LogP contribution in [0.4, 0.5) is 0 Å². The predicted octanol–water partition coefficient (Wildman–Crippen LogP) is 6.26. The SMILES string of the molecule is CCCCCCCCCCCCCCO[Si](C)(C)CCCN. The molecule has 0 radical (unpaired) electrons. The van der Waals surface area contributed by atoms with Gasteiger partial charge in [0.1, 0.15) is 0 Å². The first-order chi connectivity index (χ1) is 10.6. The van der Waals surface area contributed by atoms with E-state index in [0.29, 0.717) is 0 Å². The summed E-state index contributed by atoms with van der Waals surface area (Å²) in [4.78, 5) is 0. The first-order valence-corrected chi connectivity index (χ1v) is 13.1. The van der Waals surface area contributed by atoms with Crippen LogP contribution in [0.2, 0.25) is 19.1 Å². The topological polar surface area (TPSA) is 35.2 Å². The number of hydrogen-bond acceptors (Lipinski definition) is 2. The Labute approximate surface area is 141 Å². The Hall–Kier alpha value is 0.137. The van der Waals surface area contributed by atoms with Crippen molar-refractivity contribution < 1.29 is 4.43 Å². The number of hydrogen-bond donors (Lipinski definition) is 1. The Kier molecular flexibility index (Phi) is 16.1. The summed E-state index contributed by atoms with van der Waals surface area (Å²) in [6, 6.07) is 1.21. The third-order valence-electron chi connectivity index (χ3n) is 4.47. The van der Waals surface area contributed by atoms with Crippen molar-refractivity contribution in [2.75, 3.05) is 13.2 Å². The van der Waals surface area contributed by atoms with E-state index in [0.717, 1.165) is 19.6 Å². The standard InChI is InChI=1S/C19H43NOSi/c1-4-5-6-7-8-9-10-11-12-13-14-15-18-21-22(2,3)19-16-17-20/h4-20H2,1-3H3. The summed E-state index contributed by atoms with van der Waals surface area (Å²) >= 11 is 0. The van der Waals surface area contributed by atoms with Gasteiger partial charge >= 0.3 is 0 Å². The van der Waals surface area contributed by atoms with Crippen LogP contribution in [0, 0.1) is 0 Å². The Balaban J connectivity index is 3.17. The molecule has 2 nitrogen and oxygen atoms in total. The molecule has 134 valence electrons. The fourth-order valence-corrected chi connectivity index (χ4v) is 4.79. The number of rotatable bonds is 17. The van der Waals surface area contributed by atoms with Gasteiger partial charge in [0.15, 0.2) is 8.32 Å². The molecule has 2 N–H and O–H groups in total. The van der Waals surface area contributed by atoms with Crippen LogP contribution in [0.3, 0.4) is 0 Å². The van der Waals surface area contributed by atoms with Gasteiger partial charge in [-0.2, -0.15) is 0 Å². The zero-order valence-electron chi connectivity index (χ0n) is 15.8. The van der Waals surface area contributed by atoms with Crippen LogP contribution in [-0.2, 0) is 4.43 Å². The van der Waals surface area contributed by atoms with Gasteiger partial charge in [0.2, 0.25) is 0 Å². The van der Waals surface area contributed by atoms with Crippen LogP contribution < -0.4 is 5.73 Å². The van der Waals surface area contributed by atoms with E-state index in [2.05, 4.69) is 20.0 Å². The third-order valence-corrected chi connectivity index (χ3v) is 7.02. The first kappa shape index (κ1) is 22.1. The van der Waals surface area contributed by atoms with Crippen LogP contribution in [0.15, 0.2) is 0 Å². The summed E-state index contributed by atoms with van der Waals surface area (Å²) in [5, 5.41) is 0. The summed E-state index contributed by atoms with van der Waals surface area (Å²) in [5.74, 6) is 0. The fraction of sp³-hybridized carbons (Fsp3) is 1.00. The normalized spacial score (nSPS) is 12.0. The summed E-state index contributed by atoms with van der Waals surface area (Å²) < 4.78 is 6.11. The smallest absolute Gasteiger partial charge is 0.186 e. The molecule has 0 amide bonds. The molecule has 0 aromatic rings. The molecular weight excluding hydrogens is 286 g/mol. The van der Waals surface area contributed by atoms with E-state index in [-0.39, 0.29) is 0 Å². The Bertz CT molecular complexity index is 221. The average Bonchev–Trinajstić information content (AvgIpc) is 2.50. The lowest BCUT2D eigenvalue weighted by Gasteiger charge is -2.22. The Morgan fingerprint density at radius 3 is 1.59 bits per heavy atom. The molecule has 0 spiro atoms. The minimum Gasteiger partial charge on any atom is -0.417 e. The molecule has 22 heavy (non-hydrogen) atoms. The van der Waals surface area contributed by atoms with E-state index < -0.39 is 8.32 Å². The molecule has 3 heteroatoms. The summed E-state index contributed by atoms with van der Waals surface area (Å²) in [6.45, 7) is 8.71. The molecule has 0 heterocycles. The van der Waals surface area contributed by atoms with E-state index in [1.165, 1.54) is 83.1 Å². The fourth-order valence-electron chi connectivity index (χ4n) is 2.89. The highest BCUT2D eigenvalue weighted by Crippen LogP contribution is 2.15. The lowest BCUT2D eigenvalue weighted by molar-refractivity contribution is 0.293. The largest absolute Gasteiger partial charge is 0.417 e. The van der Waals surface area contributed by atoms with Crippen molar-refractivity contribution in [2.24, 2.45) is 5.73 Å². The Morgan fingerprint density at radius 1 is 0.682 bits per heavy atom. The van der Waals surface area contributed by atoms with Gasteiger partial charge in [0.25, 0.3) is 0 Å². The van der Waals surface area contributed by atoms with Crippen molar-refractivity contribution in [3.05, 3.63) is 0 Å². The highest BCUT2D eigenvalue weighted by Gasteiger charge is 2.20. The quantitative estimate of drug-likeness (QED) is 0.252. The van der Waals surface area contributed by atoms with E-state index in [4.69, 9.17) is 10.2 Å². The van der Waals surface area contributed by atoms with Crippen molar-refractivity contribution in [1.82, 2.24) is 0 Å². The highest BCUT2D eigenvalue weighted by atomic mass is 28.4. The zero-order chi connectivity index (χ0) is 16.5. The predicted molar refractivity (Wildman–Crippen MR) is 103 cm³/mol. The second-order valence-corrected chi connectivity index (χ2v) is 11.7. The lowest BCUT2D eigenvalue weighted by atomic mass is 10.1. The van der Waals surface area contributed by atoms with Crippen LogP contribution in [0.25, 0.3) is 0 Å². The molecule has 0 atom stereocenters. The Morgan fingerprint density at radius 2 is 1.14 bits per heavy atom. The monoisotopic (exact) mass is 329 g/mol. The highest BCUT2D eigenvalue weighted by molar-refractivity contribution is 6.71. The number of unbranched alkanes of at least 4 members (excludes halogenated alkanes) is 11. The van der Waals surface area contributed by atoms with Gasteiger partial charge in [-0.25, -0.2) is 0 Å². The maximum Gasteiger partial charge on any atom is 0.186 e. The molecule has 0 aromatic carbocycles. The molecule has 0 aliphatic rings. The van der Waals surface area contributed by atoms with Gasteiger partial charge in [0, 0.05) is 6.61 Å². The van der Waals surface area contributed by atoms with Crippen LogP contribution >= 0.6 is 0 Å². The second kappa shape index (κ2) is 16.0. The molecule has 0 saturated heterocycles. The molecule has 0 rings (SSSR count).